The molecule has 0 fully saturated rings. The number of hydrogen-bond donors (Lipinski definition) is 2. The minimum absolute atomic E-state index is 0.0387. The summed E-state index contributed by atoms with van der Waals surface area (Å²) in [4.78, 5) is 3.90. The normalized spacial score (nSPS) is 17.8. The van der Waals surface area contributed by atoms with Gasteiger partial charge in [-0.25, -0.2) is 8.42 Å². The Morgan fingerprint density at radius 3 is 2.53 bits per heavy atom. The molecule has 32 heavy (non-hydrogen) atoms. The van der Waals surface area contributed by atoms with E-state index in [0.29, 0.717) is 28.9 Å². The Hall–Kier alpha value is -3.07. The molecular weight excluding hydrogens is 439 g/mol. The molecule has 1 atom stereocenters. The number of hydrogen-bond acceptors (Lipinski definition) is 4. The Morgan fingerprint density at radius 1 is 1.09 bits per heavy atom. The lowest BCUT2D eigenvalue weighted by Gasteiger charge is -2.39. The number of aromatic nitrogens is 1. The topological polar surface area (TPSA) is 71.1 Å². The first-order chi connectivity index (χ1) is 15.0. The summed E-state index contributed by atoms with van der Waals surface area (Å²) in [6, 6.07) is 13.4. The molecule has 0 saturated carbocycles. The van der Waals surface area contributed by atoms with Crippen LogP contribution in [0.4, 0.5) is 24.5 Å². The quantitative estimate of drug-likeness (QED) is 0.520. The van der Waals surface area contributed by atoms with Gasteiger partial charge in [0.05, 0.1) is 17.3 Å². The average Bonchev–Trinajstić information content (AvgIpc) is 2.73. The Kier molecular flexibility index (Phi) is 5.40. The molecule has 1 unspecified atom stereocenters. The molecule has 168 valence electrons. The molecule has 5 nitrogen and oxygen atoms in total. The number of nitrogens with one attached hydrogen (secondary N) is 2. The van der Waals surface area contributed by atoms with E-state index < -0.39 is 27.2 Å². The van der Waals surface area contributed by atoms with Crippen molar-refractivity contribution < 1.29 is 21.6 Å². The molecule has 4 rings (SSSR count). The fraction of sp³-hybridized carbons (Fsp3) is 0.261. The summed E-state index contributed by atoms with van der Waals surface area (Å²) in [7, 11) is -3.85. The molecule has 0 radical (unpaired) electrons. The summed E-state index contributed by atoms with van der Waals surface area (Å²) in [6.07, 6.45) is -1.18. The van der Waals surface area contributed by atoms with Gasteiger partial charge in [-0.3, -0.25) is 9.71 Å². The van der Waals surface area contributed by atoms with Crippen molar-refractivity contribution in [1.29, 1.82) is 0 Å². The first kappa shape index (κ1) is 22.1. The molecule has 0 spiro atoms. The molecule has 2 heterocycles. The molecule has 0 aliphatic carbocycles. The molecule has 3 aromatic rings. The molecule has 9 heteroatoms. The second-order valence-corrected chi connectivity index (χ2v) is 10.1. The number of alkyl halides is 3. The van der Waals surface area contributed by atoms with Crippen molar-refractivity contribution in [2.75, 3.05) is 10.0 Å². The maximum absolute atomic E-state index is 13.2. The smallest absolute Gasteiger partial charge is 0.378 e. The third-order valence-corrected chi connectivity index (χ3v) is 7.00. The third-order valence-electron chi connectivity index (χ3n) is 5.65. The average molecular weight is 462 g/mol. The number of rotatable bonds is 4. The van der Waals surface area contributed by atoms with Crippen molar-refractivity contribution in [2.45, 2.75) is 42.8 Å². The summed E-state index contributed by atoms with van der Waals surface area (Å²) in [5.74, 6) is 0. The van der Waals surface area contributed by atoms with Gasteiger partial charge in [-0.05, 0) is 59.4 Å². The SMILES string of the molecule is CC1(C)CC(c2ccccc2NS(=O)(=O)c2cccnc2)Nc2ccc(C(F)(F)F)cc21. The third kappa shape index (κ3) is 4.29. The monoisotopic (exact) mass is 461 g/mol. The largest absolute Gasteiger partial charge is 0.416 e. The summed E-state index contributed by atoms with van der Waals surface area (Å²) in [6.45, 7) is 3.78. The molecule has 1 aliphatic rings. The highest BCUT2D eigenvalue weighted by Crippen LogP contribution is 2.47. The number of anilines is 2. The summed E-state index contributed by atoms with van der Waals surface area (Å²) >= 11 is 0. The minimum atomic E-state index is -4.42. The Morgan fingerprint density at radius 2 is 1.84 bits per heavy atom. The van der Waals surface area contributed by atoms with Crippen molar-refractivity contribution in [3.8, 4) is 0 Å². The number of nitrogens with zero attached hydrogens (tertiary/aromatic N) is 1. The van der Waals surface area contributed by atoms with E-state index in [9.17, 15) is 21.6 Å². The van der Waals surface area contributed by atoms with Gasteiger partial charge in [-0.15, -0.1) is 0 Å². The van der Waals surface area contributed by atoms with Crippen LogP contribution in [0.15, 0.2) is 71.9 Å². The molecular formula is C23H22F3N3O2S. The van der Waals surface area contributed by atoms with Crippen molar-refractivity contribution in [2.24, 2.45) is 0 Å². The number of benzene rings is 2. The Labute approximate surface area is 184 Å². The second-order valence-electron chi connectivity index (χ2n) is 8.42. The van der Waals surface area contributed by atoms with Crippen molar-refractivity contribution in [3.05, 3.63) is 83.7 Å². The van der Waals surface area contributed by atoms with Crippen molar-refractivity contribution in [1.82, 2.24) is 4.98 Å². The molecule has 1 aromatic heterocycles. The maximum atomic E-state index is 13.2. The van der Waals surface area contributed by atoms with E-state index in [1.165, 1.54) is 36.7 Å². The minimum Gasteiger partial charge on any atom is -0.378 e. The van der Waals surface area contributed by atoms with Crippen molar-refractivity contribution >= 4 is 21.4 Å². The Balaban J connectivity index is 1.69. The van der Waals surface area contributed by atoms with E-state index in [-0.39, 0.29) is 10.9 Å². The zero-order chi connectivity index (χ0) is 23.1. The van der Waals surface area contributed by atoms with E-state index in [4.69, 9.17) is 0 Å². The predicted octanol–water partition coefficient (Wildman–Crippen LogP) is 5.74. The van der Waals surface area contributed by atoms with E-state index in [2.05, 4.69) is 15.0 Å². The maximum Gasteiger partial charge on any atom is 0.416 e. The van der Waals surface area contributed by atoms with Gasteiger partial charge in [-0.1, -0.05) is 32.0 Å². The first-order valence-corrected chi connectivity index (χ1v) is 11.5. The standard InChI is InChI=1S/C23H22F3N3O2S/c1-22(2)13-21(28-20-10-9-15(12-18(20)22)23(24,25)26)17-7-3-4-8-19(17)29-32(30,31)16-6-5-11-27-14-16/h3-12,14,21,28-29H,13H2,1-2H3. The first-order valence-electron chi connectivity index (χ1n) is 9.97. The van der Waals surface area contributed by atoms with Gasteiger partial charge in [0.1, 0.15) is 4.90 Å². The van der Waals surface area contributed by atoms with Crippen LogP contribution in [0, 0.1) is 0 Å². The number of sulfonamides is 1. The van der Waals surface area contributed by atoms with E-state index >= 15 is 0 Å². The molecule has 1 aliphatic heterocycles. The number of pyridine rings is 1. The highest BCUT2D eigenvalue weighted by Gasteiger charge is 2.38. The highest BCUT2D eigenvalue weighted by atomic mass is 32.2. The summed E-state index contributed by atoms with van der Waals surface area (Å²) < 4.78 is 67.9. The fourth-order valence-corrected chi connectivity index (χ4v) is 5.11. The van der Waals surface area contributed by atoms with Crippen LogP contribution in [0.1, 0.15) is 43.0 Å². The van der Waals surface area contributed by atoms with Gasteiger partial charge in [0.15, 0.2) is 0 Å². The van der Waals surface area contributed by atoms with Crippen LogP contribution in [-0.2, 0) is 21.6 Å². The van der Waals surface area contributed by atoms with E-state index in [1.807, 2.05) is 19.9 Å². The van der Waals surface area contributed by atoms with Gasteiger partial charge in [0.2, 0.25) is 0 Å². The molecule has 2 N–H and O–H groups in total. The van der Waals surface area contributed by atoms with Crippen LogP contribution in [-0.4, -0.2) is 13.4 Å². The second kappa shape index (κ2) is 7.81. The van der Waals surface area contributed by atoms with Crippen LogP contribution in [0.25, 0.3) is 0 Å². The lowest BCUT2D eigenvalue weighted by Crippen LogP contribution is -2.32. The zero-order valence-electron chi connectivity index (χ0n) is 17.4. The molecule has 0 bridgehead atoms. The lowest BCUT2D eigenvalue weighted by molar-refractivity contribution is -0.137. The van der Waals surface area contributed by atoms with Gasteiger partial charge in [-0.2, -0.15) is 13.2 Å². The number of halogens is 3. The number of fused-ring (bicyclic) bond motifs is 1. The highest BCUT2D eigenvalue weighted by molar-refractivity contribution is 7.92. The van der Waals surface area contributed by atoms with Gasteiger partial charge in [0.25, 0.3) is 10.0 Å². The molecule has 0 saturated heterocycles. The molecule has 2 aromatic carbocycles. The number of para-hydroxylation sites is 1. The van der Waals surface area contributed by atoms with Crippen LogP contribution in [0.5, 0.6) is 0 Å². The Bertz CT molecular complexity index is 1240. The van der Waals surface area contributed by atoms with Crippen LogP contribution in [0.3, 0.4) is 0 Å². The van der Waals surface area contributed by atoms with E-state index in [1.54, 1.807) is 18.2 Å². The molecule has 0 amide bonds. The van der Waals surface area contributed by atoms with Crippen LogP contribution >= 0.6 is 0 Å². The zero-order valence-corrected chi connectivity index (χ0v) is 18.3. The fourth-order valence-electron chi connectivity index (χ4n) is 4.06. The van der Waals surface area contributed by atoms with Crippen molar-refractivity contribution in [3.63, 3.8) is 0 Å². The summed E-state index contributed by atoms with van der Waals surface area (Å²) in [5, 5.41) is 3.30. The van der Waals surface area contributed by atoms with Gasteiger partial charge in [0, 0.05) is 18.1 Å². The van der Waals surface area contributed by atoms with E-state index in [0.717, 1.165) is 6.07 Å². The van der Waals surface area contributed by atoms with Crippen LogP contribution < -0.4 is 10.0 Å². The summed E-state index contributed by atoms with van der Waals surface area (Å²) in [5.41, 5.74) is 1.04. The lowest BCUT2D eigenvalue weighted by atomic mass is 9.73. The van der Waals surface area contributed by atoms with Gasteiger partial charge < -0.3 is 5.32 Å². The van der Waals surface area contributed by atoms with Gasteiger partial charge >= 0.3 is 6.18 Å². The predicted molar refractivity (Wildman–Crippen MR) is 117 cm³/mol. The van der Waals surface area contributed by atoms with Crippen LogP contribution in [0.2, 0.25) is 0 Å².